The van der Waals surface area contributed by atoms with E-state index >= 15 is 0 Å². The van der Waals surface area contributed by atoms with Crippen LogP contribution in [0.4, 0.5) is 4.39 Å². The molecule has 0 aliphatic rings. The summed E-state index contributed by atoms with van der Waals surface area (Å²) in [5, 5.41) is 0. The number of sulfone groups is 1. The molecule has 0 bridgehead atoms. The largest absolute Gasteiger partial charge is 0.469 e. The molecule has 7 heteroatoms. The molecule has 0 fully saturated rings. The predicted molar refractivity (Wildman–Crippen MR) is 89.7 cm³/mol. The van der Waals surface area contributed by atoms with Gasteiger partial charge in [0.15, 0.2) is 0 Å². The molecule has 25 heavy (non-hydrogen) atoms. The molecule has 0 saturated heterocycles. The highest BCUT2D eigenvalue weighted by Gasteiger charge is 2.28. The summed E-state index contributed by atoms with van der Waals surface area (Å²) in [6, 6.07) is 9.82. The Balaban J connectivity index is 2.27. The number of fused-ring (bicyclic) bond motifs is 1. The van der Waals surface area contributed by atoms with Crippen molar-refractivity contribution in [1.82, 2.24) is 4.40 Å². The first-order valence-electron chi connectivity index (χ1n) is 7.52. The number of benzene rings is 1. The molecule has 5 nitrogen and oxygen atoms in total. The molecule has 0 unspecified atom stereocenters. The van der Waals surface area contributed by atoms with Gasteiger partial charge < -0.3 is 9.14 Å². The number of ether oxygens (including phenoxy) is 1. The topological polar surface area (TPSA) is 64.9 Å². The Morgan fingerprint density at radius 2 is 1.84 bits per heavy atom. The molecule has 0 atom stereocenters. The lowest BCUT2D eigenvalue weighted by Crippen LogP contribution is -2.08. The van der Waals surface area contributed by atoms with E-state index in [1.54, 1.807) is 35.7 Å². The van der Waals surface area contributed by atoms with Crippen molar-refractivity contribution in [3.8, 4) is 0 Å². The van der Waals surface area contributed by atoms with Gasteiger partial charge in [0, 0.05) is 11.9 Å². The number of hydrogen-bond donors (Lipinski definition) is 0. The van der Waals surface area contributed by atoms with Gasteiger partial charge in [0.1, 0.15) is 10.7 Å². The van der Waals surface area contributed by atoms with Gasteiger partial charge in [0.05, 0.1) is 23.9 Å². The van der Waals surface area contributed by atoms with Crippen LogP contribution in [0.2, 0.25) is 0 Å². The van der Waals surface area contributed by atoms with Crippen LogP contribution in [0.1, 0.15) is 11.3 Å². The summed E-state index contributed by atoms with van der Waals surface area (Å²) in [6.45, 7) is 1.65. The van der Waals surface area contributed by atoms with Gasteiger partial charge in [-0.1, -0.05) is 6.07 Å². The highest BCUT2D eigenvalue weighted by Crippen LogP contribution is 2.32. The third-order valence-corrected chi connectivity index (χ3v) is 6.03. The van der Waals surface area contributed by atoms with Gasteiger partial charge in [-0.25, -0.2) is 12.8 Å². The van der Waals surface area contributed by atoms with Gasteiger partial charge in [0.25, 0.3) is 0 Å². The van der Waals surface area contributed by atoms with Gasteiger partial charge in [-0.05, 0) is 48.9 Å². The Morgan fingerprint density at radius 3 is 2.48 bits per heavy atom. The normalized spacial score (nSPS) is 11.6. The standard InChI is InChI=1S/C18H16FNO4S/c1-12-16(11-17(21)24-2)20-10-4-3-5-15(20)18(12)25(22,23)14-8-6-13(19)7-9-14/h3-10H,11H2,1-2H3. The third kappa shape index (κ3) is 2.91. The van der Waals surface area contributed by atoms with Crippen LogP contribution in [0.3, 0.4) is 0 Å². The van der Waals surface area contributed by atoms with Gasteiger partial charge >= 0.3 is 5.97 Å². The maximum absolute atomic E-state index is 13.1. The first kappa shape index (κ1) is 17.2. The van der Waals surface area contributed by atoms with Crippen molar-refractivity contribution < 1.29 is 22.3 Å². The van der Waals surface area contributed by atoms with E-state index in [0.29, 0.717) is 16.8 Å². The van der Waals surface area contributed by atoms with Crippen molar-refractivity contribution in [2.45, 2.75) is 23.1 Å². The van der Waals surface area contributed by atoms with Crippen molar-refractivity contribution in [3.05, 3.63) is 65.7 Å². The second-order valence-electron chi connectivity index (χ2n) is 5.57. The van der Waals surface area contributed by atoms with Crippen LogP contribution < -0.4 is 0 Å². The van der Waals surface area contributed by atoms with E-state index in [1.165, 1.54) is 19.2 Å². The number of carbonyl (C=O) groups is 1. The molecule has 0 radical (unpaired) electrons. The molecule has 0 aliphatic carbocycles. The number of halogens is 1. The molecule has 1 aromatic carbocycles. The van der Waals surface area contributed by atoms with E-state index in [9.17, 15) is 17.6 Å². The van der Waals surface area contributed by atoms with E-state index in [4.69, 9.17) is 4.74 Å². The van der Waals surface area contributed by atoms with Crippen molar-refractivity contribution in [2.24, 2.45) is 0 Å². The summed E-state index contributed by atoms with van der Waals surface area (Å²) in [7, 11) is -2.59. The quantitative estimate of drug-likeness (QED) is 0.529. The SMILES string of the molecule is COC(=O)Cc1c(C)c(S(=O)(=O)c2ccc(F)cc2)c2ccccn12. The van der Waals surface area contributed by atoms with Crippen LogP contribution >= 0.6 is 0 Å². The van der Waals surface area contributed by atoms with Crippen LogP contribution in [-0.4, -0.2) is 25.9 Å². The molecule has 0 saturated carbocycles. The number of aromatic nitrogens is 1. The fourth-order valence-electron chi connectivity index (χ4n) is 2.86. The fourth-order valence-corrected chi connectivity index (χ4v) is 4.56. The maximum atomic E-state index is 13.1. The van der Waals surface area contributed by atoms with Gasteiger partial charge in [-0.3, -0.25) is 4.79 Å². The zero-order chi connectivity index (χ0) is 18.2. The van der Waals surface area contributed by atoms with E-state index < -0.39 is 21.6 Å². The number of pyridine rings is 1. The summed E-state index contributed by atoms with van der Waals surface area (Å²) in [6.07, 6.45) is 1.65. The average molecular weight is 361 g/mol. The van der Waals surface area contributed by atoms with Crippen LogP contribution in [0.15, 0.2) is 58.5 Å². The average Bonchev–Trinajstić information content (AvgIpc) is 2.88. The lowest BCUT2D eigenvalue weighted by Gasteiger charge is -2.05. The van der Waals surface area contributed by atoms with Crippen LogP contribution in [0, 0.1) is 12.7 Å². The molecule has 2 aromatic heterocycles. The molecule has 0 aliphatic heterocycles. The third-order valence-electron chi connectivity index (χ3n) is 4.09. The molecule has 3 aromatic rings. The van der Waals surface area contributed by atoms with Crippen molar-refractivity contribution in [3.63, 3.8) is 0 Å². The minimum atomic E-state index is -3.87. The highest BCUT2D eigenvalue weighted by molar-refractivity contribution is 7.91. The maximum Gasteiger partial charge on any atom is 0.311 e. The number of hydrogen-bond acceptors (Lipinski definition) is 4. The fraction of sp³-hybridized carbons (Fsp3) is 0.167. The van der Waals surface area contributed by atoms with E-state index in [0.717, 1.165) is 12.1 Å². The zero-order valence-corrected chi connectivity index (χ0v) is 14.5. The number of nitrogens with zero attached hydrogens (tertiary/aromatic N) is 1. The zero-order valence-electron chi connectivity index (χ0n) is 13.7. The lowest BCUT2D eigenvalue weighted by molar-refractivity contribution is -0.139. The van der Waals surface area contributed by atoms with Crippen LogP contribution in [0.5, 0.6) is 0 Å². The summed E-state index contributed by atoms with van der Waals surface area (Å²) < 4.78 is 45.7. The Hall–Kier alpha value is -2.67. The Kier molecular flexibility index (Phi) is 4.34. The number of rotatable bonds is 4. The summed E-state index contributed by atoms with van der Waals surface area (Å²) in [4.78, 5) is 11.8. The highest BCUT2D eigenvalue weighted by atomic mass is 32.2. The summed E-state index contributed by atoms with van der Waals surface area (Å²) >= 11 is 0. The molecule has 0 N–H and O–H groups in total. The second-order valence-corrected chi connectivity index (χ2v) is 7.45. The Morgan fingerprint density at radius 1 is 1.16 bits per heavy atom. The van der Waals surface area contributed by atoms with Gasteiger partial charge in [-0.2, -0.15) is 0 Å². The number of methoxy groups -OCH3 is 1. The van der Waals surface area contributed by atoms with Crippen LogP contribution in [-0.2, 0) is 25.8 Å². The van der Waals surface area contributed by atoms with Crippen molar-refractivity contribution >= 4 is 21.3 Å². The summed E-state index contributed by atoms with van der Waals surface area (Å²) in [5.41, 5.74) is 1.48. The molecule has 0 spiro atoms. The second kappa shape index (κ2) is 6.33. The predicted octanol–water partition coefficient (Wildman–Crippen LogP) is 2.94. The number of carbonyl (C=O) groups excluding carboxylic acids is 1. The smallest absolute Gasteiger partial charge is 0.311 e. The molecule has 0 amide bonds. The van der Waals surface area contributed by atoms with Crippen molar-refractivity contribution in [1.29, 1.82) is 0 Å². The Bertz CT molecular complexity index is 1050. The van der Waals surface area contributed by atoms with Gasteiger partial charge in [-0.15, -0.1) is 0 Å². The monoisotopic (exact) mass is 361 g/mol. The molecule has 130 valence electrons. The van der Waals surface area contributed by atoms with Crippen molar-refractivity contribution in [2.75, 3.05) is 7.11 Å². The molecular formula is C18H16FNO4S. The number of esters is 1. The first-order chi connectivity index (χ1) is 11.9. The van der Waals surface area contributed by atoms with E-state index in [2.05, 4.69) is 0 Å². The Labute approximate surface area is 144 Å². The van der Waals surface area contributed by atoms with Gasteiger partial charge in [0.2, 0.25) is 9.84 Å². The minimum Gasteiger partial charge on any atom is -0.469 e. The first-order valence-corrected chi connectivity index (χ1v) is 9.00. The molecular weight excluding hydrogens is 345 g/mol. The summed E-state index contributed by atoms with van der Waals surface area (Å²) in [5.74, 6) is -0.971. The van der Waals surface area contributed by atoms with Crippen LogP contribution in [0.25, 0.3) is 5.52 Å². The minimum absolute atomic E-state index is 0.00188. The lowest BCUT2D eigenvalue weighted by atomic mass is 10.2. The van der Waals surface area contributed by atoms with E-state index in [1.807, 2.05) is 0 Å². The molecule has 3 rings (SSSR count). The molecule has 2 heterocycles. The van der Waals surface area contributed by atoms with E-state index in [-0.39, 0.29) is 16.2 Å².